The minimum absolute atomic E-state index is 0.0867. The molecule has 0 saturated carbocycles. The number of amides is 1. The van der Waals surface area contributed by atoms with Crippen LogP contribution in [0.1, 0.15) is 11.3 Å². The van der Waals surface area contributed by atoms with Gasteiger partial charge in [0.2, 0.25) is 5.91 Å². The van der Waals surface area contributed by atoms with Gasteiger partial charge in [-0.25, -0.2) is 0 Å². The highest BCUT2D eigenvalue weighted by molar-refractivity contribution is 6.30. The highest BCUT2D eigenvalue weighted by atomic mass is 35.5. The van der Waals surface area contributed by atoms with Gasteiger partial charge in [-0.1, -0.05) is 23.7 Å². The Morgan fingerprint density at radius 3 is 2.89 bits per heavy atom. The van der Waals surface area contributed by atoms with Crippen LogP contribution < -0.4 is 0 Å². The molecule has 98 valence electrons. The van der Waals surface area contributed by atoms with Gasteiger partial charge < -0.3 is 9.32 Å². The number of rotatable bonds is 4. The summed E-state index contributed by atoms with van der Waals surface area (Å²) < 4.78 is 5.12. The summed E-state index contributed by atoms with van der Waals surface area (Å²) in [5.74, 6) is 0.570. The number of benzene rings is 1. The number of likely N-dealkylation sites (N-methyl/N-ethyl adjacent to an activating group) is 1. The molecule has 0 radical (unpaired) electrons. The lowest BCUT2D eigenvalue weighted by Crippen LogP contribution is -2.24. The number of nitrogens with zero attached hydrogens (tertiary/aromatic N) is 1. The molecule has 0 unspecified atom stereocenters. The van der Waals surface area contributed by atoms with Crippen LogP contribution in [0.25, 0.3) is 6.08 Å². The van der Waals surface area contributed by atoms with Gasteiger partial charge in [-0.05, 0) is 35.9 Å². The summed E-state index contributed by atoms with van der Waals surface area (Å²) in [4.78, 5) is 13.5. The Bertz CT molecular complexity index is 576. The molecule has 1 aromatic heterocycles. The average molecular weight is 276 g/mol. The molecular weight excluding hydrogens is 262 g/mol. The van der Waals surface area contributed by atoms with E-state index < -0.39 is 0 Å². The van der Waals surface area contributed by atoms with Gasteiger partial charge in [0, 0.05) is 24.7 Å². The summed E-state index contributed by atoms with van der Waals surface area (Å²) in [6.07, 6.45) is 4.71. The van der Waals surface area contributed by atoms with Crippen molar-refractivity contribution in [3.05, 3.63) is 65.1 Å². The van der Waals surface area contributed by atoms with Crippen LogP contribution in [-0.4, -0.2) is 17.9 Å². The van der Waals surface area contributed by atoms with Crippen LogP contribution in [0.3, 0.4) is 0 Å². The van der Waals surface area contributed by atoms with E-state index in [1.807, 2.05) is 24.3 Å². The van der Waals surface area contributed by atoms with E-state index in [2.05, 4.69) is 0 Å². The molecule has 0 bridgehead atoms. The van der Waals surface area contributed by atoms with E-state index >= 15 is 0 Å². The monoisotopic (exact) mass is 275 g/mol. The molecule has 0 atom stereocenters. The molecule has 0 fully saturated rings. The molecule has 4 heteroatoms. The molecule has 0 aliphatic heterocycles. The molecule has 0 aliphatic carbocycles. The first kappa shape index (κ1) is 13.4. The molecular formula is C15H14ClNO2. The van der Waals surface area contributed by atoms with Crippen LogP contribution in [0.15, 0.2) is 53.2 Å². The highest BCUT2D eigenvalue weighted by Gasteiger charge is 2.06. The van der Waals surface area contributed by atoms with E-state index in [9.17, 15) is 4.79 Å². The lowest BCUT2D eigenvalue weighted by Gasteiger charge is -2.15. The van der Waals surface area contributed by atoms with E-state index in [0.29, 0.717) is 17.3 Å². The maximum Gasteiger partial charge on any atom is 0.246 e. The largest absolute Gasteiger partial charge is 0.465 e. The van der Waals surface area contributed by atoms with Crippen LogP contribution >= 0.6 is 11.6 Å². The Hall–Kier alpha value is -2.00. The van der Waals surface area contributed by atoms with Gasteiger partial charge in [-0.3, -0.25) is 4.79 Å². The molecule has 0 saturated heterocycles. The second-order valence-electron chi connectivity index (χ2n) is 4.17. The second-order valence-corrected chi connectivity index (χ2v) is 4.61. The average Bonchev–Trinajstić information content (AvgIpc) is 2.89. The second kappa shape index (κ2) is 6.25. The van der Waals surface area contributed by atoms with E-state index in [4.69, 9.17) is 16.0 Å². The fourth-order valence-electron chi connectivity index (χ4n) is 1.65. The summed E-state index contributed by atoms with van der Waals surface area (Å²) in [7, 11) is 1.75. The minimum Gasteiger partial charge on any atom is -0.465 e. The van der Waals surface area contributed by atoms with Gasteiger partial charge in [0.1, 0.15) is 5.76 Å². The molecule has 1 amide bonds. The fourth-order valence-corrected chi connectivity index (χ4v) is 1.87. The normalized spacial score (nSPS) is 10.8. The molecule has 2 aromatic rings. The summed E-state index contributed by atoms with van der Waals surface area (Å²) in [5.41, 5.74) is 0.995. The maximum atomic E-state index is 11.9. The Balaban J connectivity index is 1.96. The molecule has 1 aromatic carbocycles. The molecule has 1 heterocycles. The van der Waals surface area contributed by atoms with Crippen molar-refractivity contribution < 1.29 is 9.21 Å². The van der Waals surface area contributed by atoms with Crippen molar-refractivity contribution >= 4 is 23.6 Å². The van der Waals surface area contributed by atoms with E-state index in [-0.39, 0.29) is 5.91 Å². The van der Waals surface area contributed by atoms with Crippen LogP contribution in [-0.2, 0) is 11.3 Å². The number of hydrogen-bond donors (Lipinski definition) is 0. The third-order valence-corrected chi connectivity index (χ3v) is 2.85. The zero-order chi connectivity index (χ0) is 13.7. The molecule has 0 aliphatic rings. The SMILES string of the molecule is CN(Cc1cccc(Cl)c1)C(=O)/C=C/c1ccco1. The quantitative estimate of drug-likeness (QED) is 0.799. The summed E-state index contributed by atoms with van der Waals surface area (Å²) >= 11 is 5.91. The van der Waals surface area contributed by atoms with Gasteiger partial charge >= 0.3 is 0 Å². The molecule has 2 rings (SSSR count). The minimum atomic E-state index is -0.0867. The number of halogens is 1. The Labute approximate surface area is 117 Å². The molecule has 0 spiro atoms. The van der Waals surface area contributed by atoms with Crippen molar-refractivity contribution in [1.82, 2.24) is 4.90 Å². The van der Waals surface area contributed by atoms with E-state index in [0.717, 1.165) is 5.56 Å². The van der Waals surface area contributed by atoms with Gasteiger partial charge in [0.25, 0.3) is 0 Å². The third-order valence-electron chi connectivity index (χ3n) is 2.62. The number of carbonyl (C=O) groups excluding carboxylic acids is 1. The number of hydrogen-bond acceptors (Lipinski definition) is 2. The fraction of sp³-hybridized carbons (Fsp3) is 0.133. The first-order valence-electron chi connectivity index (χ1n) is 5.86. The van der Waals surface area contributed by atoms with Gasteiger partial charge in [-0.2, -0.15) is 0 Å². The summed E-state index contributed by atoms with van der Waals surface area (Å²) in [6, 6.07) is 11.0. The van der Waals surface area contributed by atoms with E-state index in [1.54, 1.807) is 36.4 Å². The molecule has 19 heavy (non-hydrogen) atoms. The van der Waals surface area contributed by atoms with Crippen LogP contribution in [0, 0.1) is 0 Å². The van der Waals surface area contributed by atoms with Crippen molar-refractivity contribution in [2.45, 2.75) is 6.54 Å². The standard InChI is InChI=1S/C15H14ClNO2/c1-17(11-12-4-2-5-13(16)10-12)15(18)8-7-14-6-3-9-19-14/h2-10H,11H2,1H3/b8-7+. The van der Waals surface area contributed by atoms with Crippen molar-refractivity contribution in [1.29, 1.82) is 0 Å². The van der Waals surface area contributed by atoms with Crippen molar-refractivity contribution in [3.63, 3.8) is 0 Å². The lowest BCUT2D eigenvalue weighted by atomic mass is 10.2. The maximum absolute atomic E-state index is 11.9. The van der Waals surface area contributed by atoms with Crippen molar-refractivity contribution in [3.8, 4) is 0 Å². The molecule has 0 N–H and O–H groups in total. The predicted molar refractivity (Wildman–Crippen MR) is 75.7 cm³/mol. The van der Waals surface area contributed by atoms with Gasteiger partial charge in [0.15, 0.2) is 0 Å². The van der Waals surface area contributed by atoms with E-state index in [1.165, 1.54) is 6.08 Å². The smallest absolute Gasteiger partial charge is 0.246 e. The van der Waals surface area contributed by atoms with Crippen LogP contribution in [0.4, 0.5) is 0 Å². The Morgan fingerprint density at radius 2 is 2.21 bits per heavy atom. The summed E-state index contributed by atoms with van der Waals surface area (Å²) in [6.45, 7) is 0.516. The predicted octanol–water partition coefficient (Wildman–Crippen LogP) is 3.60. The Kier molecular flexibility index (Phi) is 4.42. The highest BCUT2D eigenvalue weighted by Crippen LogP contribution is 2.12. The lowest BCUT2D eigenvalue weighted by molar-refractivity contribution is -0.125. The molecule has 3 nitrogen and oxygen atoms in total. The zero-order valence-electron chi connectivity index (χ0n) is 10.5. The Morgan fingerprint density at radius 1 is 1.37 bits per heavy atom. The third kappa shape index (κ3) is 4.00. The first-order valence-corrected chi connectivity index (χ1v) is 6.24. The van der Waals surface area contributed by atoms with Crippen LogP contribution in [0.2, 0.25) is 5.02 Å². The van der Waals surface area contributed by atoms with Crippen molar-refractivity contribution in [2.75, 3.05) is 7.05 Å². The summed E-state index contributed by atoms with van der Waals surface area (Å²) in [5, 5.41) is 0.671. The van der Waals surface area contributed by atoms with Crippen molar-refractivity contribution in [2.24, 2.45) is 0 Å². The number of carbonyl (C=O) groups is 1. The zero-order valence-corrected chi connectivity index (χ0v) is 11.3. The topological polar surface area (TPSA) is 33.5 Å². The van der Waals surface area contributed by atoms with Crippen LogP contribution in [0.5, 0.6) is 0 Å². The van der Waals surface area contributed by atoms with Gasteiger partial charge in [-0.15, -0.1) is 0 Å². The first-order chi connectivity index (χ1) is 9.15. The van der Waals surface area contributed by atoms with Gasteiger partial charge in [0.05, 0.1) is 6.26 Å². The number of furan rings is 1.